The van der Waals surface area contributed by atoms with Crippen molar-refractivity contribution in [2.75, 3.05) is 19.6 Å². The molecule has 14 rings (SSSR count). The van der Waals surface area contributed by atoms with Crippen molar-refractivity contribution in [1.29, 1.82) is 0 Å². The molecule has 14 aromatic rings. The van der Waals surface area contributed by atoms with E-state index in [4.69, 9.17) is 8.83 Å². The lowest BCUT2D eigenvalue weighted by Gasteiger charge is -2.30. The number of rotatable bonds is 12. The largest absolute Gasteiger partial charge is 0.454 e. The van der Waals surface area contributed by atoms with Crippen LogP contribution in [0, 0.1) is 41.5 Å². The first-order valence-electron chi connectivity index (χ1n) is 28.2. The number of furan rings is 2. The molecule has 12 aromatic carbocycles. The summed E-state index contributed by atoms with van der Waals surface area (Å²) in [6.07, 6.45) is 0. The van der Waals surface area contributed by atoms with E-state index in [2.05, 4.69) is 316 Å². The number of nitrogens with zero attached hydrogens (tertiary/aromatic N) is 4. The average molecular weight is 1060 g/mol. The number of hydrogen-bond acceptors (Lipinski definition) is 6. The summed E-state index contributed by atoms with van der Waals surface area (Å²) in [5, 5.41) is 6.14. The zero-order valence-electron chi connectivity index (χ0n) is 46.9. The molecule has 0 N–H and O–H groups in total. The molecule has 0 spiro atoms. The summed E-state index contributed by atoms with van der Waals surface area (Å²) < 4.78 is 15.2. The SMILES string of the molecule is Cc1ccc(N(c2ccccc2)c2ccc3c(c2)oc2c(N(c4ccccc4C)c4ccccc4C)cc4c(cc(N(c5ccccc5C)c5ccccc5C)c5oc6cc(N(c7ccccc7)c7ccc(C)cc7)ccc6c54)c23)cc1. The Hall–Kier alpha value is -10.3. The van der Waals surface area contributed by atoms with E-state index in [1.165, 1.54) is 11.1 Å². The third-order valence-electron chi connectivity index (χ3n) is 16.2. The highest BCUT2D eigenvalue weighted by Crippen LogP contribution is 2.54. The van der Waals surface area contributed by atoms with Crippen molar-refractivity contribution in [2.45, 2.75) is 41.5 Å². The number of fused-ring (bicyclic) bond motifs is 9. The fraction of sp³-hybridized carbons (Fsp3) is 0.0789. The second kappa shape index (κ2) is 20.4. The molecule has 396 valence electrons. The van der Waals surface area contributed by atoms with Gasteiger partial charge >= 0.3 is 0 Å². The minimum atomic E-state index is 0.777. The van der Waals surface area contributed by atoms with Crippen molar-refractivity contribution in [2.24, 2.45) is 0 Å². The van der Waals surface area contributed by atoms with Crippen LogP contribution < -0.4 is 19.6 Å². The number of anilines is 12. The molecule has 2 aromatic heterocycles. The molecule has 0 fully saturated rings. The predicted molar refractivity (Wildman–Crippen MR) is 346 cm³/mol. The van der Waals surface area contributed by atoms with Crippen LogP contribution in [0.2, 0.25) is 0 Å². The van der Waals surface area contributed by atoms with Gasteiger partial charge in [0.2, 0.25) is 0 Å². The van der Waals surface area contributed by atoms with Crippen LogP contribution in [0.3, 0.4) is 0 Å². The van der Waals surface area contributed by atoms with Crippen LogP contribution in [0.15, 0.2) is 264 Å². The van der Waals surface area contributed by atoms with E-state index < -0.39 is 0 Å². The Kier molecular flexibility index (Phi) is 12.4. The number of benzene rings is 12. The van der Waals surface area contributed by atoms with Gasteiger partial charge in [-0.15, -0.1) is 0 Å². The highest BCUT2D eigenvalue weighted by molar-refractivity contribution is 6.32. The Balaban J connectivity index is 1.14. The normalized spacial score (nSPS) is 11.5. The predicted octanol–water partition coefficient (Wildman–Crippen LogP) is 22.4. The zero-order valence-corrected chi connectivity index (χ0v) is 46.9. The molecule has 0 aliphatic carbocycles. The van der Waals surface area contributed by atoms with E-state index in [0.717, 1.165) is 145 Å². The fourth-order valence-corrected chi connectivity index (χ4v) is 12.1. The third kappa shape index (κ3) is 8.59. The van der Waals surface area contributed by atoms with Gasteiger partial charge in [-0.05, 0) is 184 Å². The molecule has 6 heteroatoms. The van der Waals surface area contributed by atoms with Crippen LogP contribution in [-0.2, 0) is 0 Å². The van der Waals surface area contributed by atoms with Crippen molar-refractivity contribution in [3.8, 4) is 0 Å². The van der Waals surface area contributed by atoms with Gasteiger partial charge in [0, 0.05) is 90.6 Å². The Labute approximate surface area is 478 Å². The van der Waals surface area contributed by atoms with Gasteiger partial charge in [-0.2, -0.15) is 0 Å². The zero-order chi connectivity index (χ0) is 55.6. The smallest absolute Gasteiger partial charge is 0.160 e. The van der Waals surface area contributed by atoms with Crippen molar-refractivity contribution in [3.05, 3.63) is 288 Å². The molecule has 0 amide bonds. The number of hydrogen-bond donors (Lipinski definition) is 0. The molecular formula is C76H60N4O2. The van der Waals surface area contributed by atoms with Gasteiger partial charge in [-0.25, -0.2) is 0 Å². The topological polar surface area (TPSA) is 39.2 Å². The van der Waals surface area contributed by atoms with Gasteiger partial charge in [-0.1, -0.05) is 145 Å². The van der Waals surface area contributed by atoms with Crippen LogP contribution >= 0.6 is 0 Å². The fourth-order valence-electron chi connectivity index (χ4n) is 12.1. The van der Waals surface area contributed by atoms with E-state index in [1.807, 2.05) is 0 Å². The molecule has 82 heavy (non-hydrogen) atoms. The van der Waals surface area contributed by atoms with Crippen molar-refractivity contribution >= 4 is 123 Å². The Bertz CT molecular complexity index is 4320. The van der Waals surface area contributed by atoms with Crippen LogP contribution in [0.5, 0.6) is 0 Å². The lowest BCUT2D eigenvalue weighted by atomic mass is 9.95. The van der Waals surface area contributed by atoms with E-state index in [-0.39, 0.29) is 0 Å². The maximum absolute atomic E-state index is 7.59. The van der Waals surface area contributed by atoms with E-state index >= 15 is 0 Å². The standard InChI is InChI=1S/C76H60N4O2/c1-49-33-37-57(38-34-49)77(55-25-9-7-10-26-55)59-41-43-61-71(45-59)81-75-69(79(65-29-17-13-21-51(65)3)66-30-18-14-22-52(66)4)48-64-63(73(61)75)47-70(80(67-31-19-15-23-53(67)5)68-32-20-16-24-54(68)6)76-74(64)62-44-42-60(46-72(62)82-76)78(56-27-11-8-12-28-56)58-39-35-50(2)36-40-58/h7-48H,1-6H3. The van der Waals surface area contributed by atoms with Gasteiger partial charge in [0.15, 0.2) is 11.2 Å². The molecule has 0 bridgehead atoms. The van der Waals surface area contributed by atoms with Gasteiger partial charge < -0.3 is 28.4 Å². The maximum atomic E-state index is 7.59. The molecule has 0 unspecified atom stereocenters. The van der Waals surface area contributed by atoms with Crippen LogP contribution in [-0.4, -0.2) is 0 Å². The molecule has 0 atom stereocenters. The molecule has 0 saturated carbocycles. The Morgan fingerprint density at radius 3 is 0.854 bits per heavy atom. The summed E-state index contributed by atoms with van der Waals surface area (Å²) in [7, 11) is 0. The summed E-state index contributed by atoms with van der Waals surface area (Å²) in [6.45, 7) is 13.0. The van der Waals surface area contributed by atoms with E-state index in [1.54, 1.807) is 0 Å². The summed E-state index contributed by atoms with van der Waals surface area (Å²) in [6, 6.07) is 91.5. The van der Waals surface area contributed by atoms with Gasteiger partial charge in [-0.3, -0.25) is 0 Å². The van der Waals surface area contributed by atoms with Gasteiger partial charge in [0.25, 0.3) is 0 Å². The first-order chi connectivity index (χ1) is 40.2. The average Bonchev–Trinajstić information content (AvgIpc) is 2.41. The monoisotopic (exact) mass is 1060 g/mol. The number of aryl methyl sites for hydroxylation is 6. The molecule has 6 nitrogen and oxygen atoms in total. The summed E-state index contributed by atoms with van der Waals surface area (Å²) in [5.41, 5.74) is 22.4. The molecule has 0 saturated heterocycles. The molecule has 2 heterocycles. The third-order valence-corrected chi connectivity index (χ3v) is 16.2. The summed E-state index contributed by atoms with van der Waals surface area (Å²) >= 11 is 0. The lowest BCUT2D eigenvalue weighted by molar-refractivity contribution is 0.668. The lowest BCUT2D eigenvalue weighted by Crippen LogP contribution is -2.14. The highest BCUT2D eigenvalue weighted by Gasteiger charge is 2.30. The first kappa shape index (κ1) is 50.0. The van der Waals surface area contributed by atoms with Crippen LogP contribution in [0.1, 0.15) is 33.4 Å². The van der Waals surface area contributed by atoms with Gasteiger partial charge in [0.05, 0.1) is 11.4 Å². The van der Waals surface area contributed by atoms with Gasteiger partial charge in [0.1, 0.15) is 11.2 Å². The molecule has 0 aliphatic heterocycles. The van der Waals surface area contributed by atoms with Crippen molar-refractivity contribution in [1.82, 2.24) is 0 Å². The van der Waals surface area contributed by atoms with E-state index in [0.29, 0.717) is 0 Å². The Morgan fingerprint density at radius 1 is 0.232 bits per heavy atom. The second-order valence-corrected chi connectivity index (χ2v) is 21.7. The Morgan fingerprint density at radius 2 is 0.524 bits per heavy atom. The summed E-state index contributed by atoms with van der Waals surface area (Å²) in [5.74, 6) is 0. The minimum absolute atomic E-state index is 0.777. The van der Waals surface area contributed by atoms with E-state index in [9.17, 15) is 0 Å². The summed E-state index contributed by atoms with van der Waals surface area (Å²) in [4.78, 5) is 9.44. The second-order valence-electron chi connectivity index (χ2n) is 21.7. The van der Waals surface area contributed by atoms with Crippen molar-refractivity contribution in [3.63, 3.8) is 0 Å². The van der Waals surface area contributed by atoms with Crippen molar-refractivity contribution < 1.29 is 8.83 Å². The maximum Gasteiger partial charge on any atom is 0.160 e. The first-order valence-corrected chi connectivity index (χ1v) is 28.2. The van der Waals surface area contributed by atoms with Crippen LogP contribution in [0.4, 0.5) is 68.2 Å². The van der Waals surface area contributed by atoms with Crippen LogP contribution in [0.25, 0.3) is 54.6 Å². The molecule has 0 radical (unpaired) electrons. The molecular weight excluding hydrogens is 1000 g/mol. The quantitative estimate of drug-likeness (QED) is 0.121. The highest BCUT2D eigenvalue weighted by atomic mass is 16.3. The minimum Gasteiger partial charge on any atom is -0.454 e. The number of para-hydroxylation sites is 6. The molecule has 0 aliphatic rings.